The quantitative estimate of drug-likeness (QED) is 0.609. The number of carbonyl (C=O) groups excluding carboxylic acids is 1. The van der Waals surface area contributed by atoms with Crippen LogP contribution in [-0.2, 0) is 19.4 Å². The average Bonchev–Trinajstić information content (AvgIpc) is 2.14. The highest BCUT2D eigenvalue weighted by atomic mass is 32.2. The minimum atomic E-state index is -2.93. The summed E-state index contributed by atoms with van der Waals surface area (Å²) in [6.45, 7) is 4.04. The number of carbonyl (C=O) groups is 1. The highest BCUT2D eigenvalue weighted by molar-refractivity contribution is 7.91. The molecule has 0 spiro atoms. The zero-order valence-electron chi connectivity index (χ0n) is 8.78. The molecule has 0 saturated heterocycles. The van der Waals surface area contributed by atoms with Crippen molar-refractivity contribution in [3.63, 3.8) is 0 Å². The monoisotopic (exact) mass is 222 g/mol. The van der Waals surface area contributed by atoms with Crippen molar-refractivity contribution in [1.82, 2.24) is 0 Å². The molecule has 84 valence electrons. The first-order chi connectivity index (χ1) is 6.52. The van der Waals surface area contributed by atoms with Crippen molar-refractivity contribution in [1.29, 1.82) is 0 Å². The van der Waals surface area contributed by atoms with Crippen LogP contribution in [-0.4, -0.2) is 38.9 Å². The van der Waals surface area contributed by atoms with E-state index < -0.39 is 9.84 Å². The summed E-state index contributed by atoms with van der Waals surface area (Å²) in [6, 6.07) is 0. The molecular weight excluding hydrogens is 204 g/mol. The van der Waals surface area contributed by atoms with E-state index in [4.69, 9.17) is 4.74 Å². The third kappa shape index (κ3) is 7.03. The highest BCUT2D eigenvalue weighted by Gasteiger charge is 2.08. The molecule has 0 unspecified atom stereocenters. The molecule has 0 aliphatic heterocycles. The van der Waals surface area contributed by atoms with Gasteiger partial charge in [0.25, 0.3) is 0 Å². The van der Waals surface area contributed by atoms with Crippen molar-refractivity contribution >= 4 is 15.6 Å². The van der Waals surface area contributed by atoms with Gasteiger partial charge in [0.1, 0.15) is 16.4 Å². The van der Waals surface area contributed by atoms with Gasteiger partial charge in [0.05, 0.1) is 5.75 Å². The van der Waals surface area contributed by atoms with Crippen LogP contribution in [0, 0.1) is 0 Å². The van der Waals surface area contributed by atoms with Gasteiger partial charge in [-0.25, -0.2) is 8.42 Å². The molecule has 4 nitrogen and oxygen atoms in total. The van der Waals surface area contributed by atoms with Gasteiger partial charge in [-0.05, 0) is 13.3 Å². The van der Waals surface area contributed by atoms with Gasteiger partial charge in [-0.3, -0.25) is 4.79 Å². The van der Waals surface area contributed by atoms with Crippen LogP contribution in [0.3, 0.4) is 0 Å². The van der Waals surface area contributed by atoms with Gasteiger partial charge >= 0.3 is 0 Å². The Morgan fingerprint density at radius 2 is 1.93 bits per heavy atom. The zero-order chi connectivity index (χ0) is 11.0. The molecule has 0 aromatic heterocycles. The van der Waals surface area contributed by atoms with Gasteiger partial charge < -0.3 is 4.74 Å². The van der Waals surface area contributed by atoms with Crippen molar-refractivity contribution in [2.45, 2.75) is 26.7 Å². The number of ketones is 1. The lowest BCUT2D eigenvalue weighted by Crippen LogP contribution is -2.13. The van der Waals surface area contributed by atoms with E-state index in [1.807, 2.05) is 6.92 Å². The molecule has 14 heavy (non-hydrogen) atoms. The molecule has 0 heterocycles. The topological polar surface area (TPSA) is 60.4 Å². The molecule has 0 bridgehead atoms. The van der Waals surface area contributed by atoms with Gasteiger partial charge in [0, 0.05) is 18.8 Å². The first-order valence-corrected chi connectivity index (χ1v) is 6.63. The molecule has 0 atom stereocenters. The Kier molecular flexibility index (Phi) is 6.74. The second kappa shape index (κ2) is 6.95. The van der Waals surface area contributed by atoms with Crippen LogP contribution < -0.4 is 0 Å². The summed E-state index contributed by atoms with van der Waals surface area (Å²) >= 11 is 0. The van der Waals surface area contributed by atoms with Crippen molar-refractivity contribution < 1.29 is 17.9 Å². The standard InChI is InChI=1S/C9H18O4S/c1-3-13-8-9(10)6-5-7-14(11,12)4-2/h3-8H2,1-2H3. The van der Waals surface area contributed by atoms with E-state index >= 15 is 0 Å². The second-order valence-electron chi connectivity index (χ2n) is 3.02. The van der Waals surface area contributed by atoms with E-state index in [-0.39, 0.29) is 23.9 Å². The predicted octanol–water partition coefficient (Wildman–Crippen LogP) is 0.807. The lowest BCUT2D eigenvalue weighted by molar-refractivity contribution is -0.123. The Hall–Kier alpha value is -0.420. The summed E-state index contributed by atoms with van der Waals surface area (Å²) in [7, 11) is -2.93. The van der Waals surface area contributed by atoms with E-state index in [9.17, 15) is 13.2 Å². The molecule has 0 aromatic rings. The van der Waals surface area contributed by atoms with Crippen LogP contribution in [0.15, 0.2) is 0 Å². The summed E-state index contributed by atoms with van der Waals surface area (Å²) < 4.78 is 27.0. The van der Waals surface area contributed by atoms with E-state index in [0.717, 1.165) is 0 Å². The van der Waals surface area contributed by atoms with Crippen molar-refractivity contribution in [2.24, 2.45) is 0 Å². The van der Waals surface area contributed by atoms with Gasteiger partial charge in [-0.1, -0.05) is 6.92 Å². The molecule has 0 radical (unpaired) electrons. The van der Waals surface area contributed by atoms with Gasteiger partial charge in [0.2, 0.25) is 0 Å². The second-order valence-corrected chi connectivity index (χ2v) is 5.49. The molecule has 0 amide bonds. The predicted molar refractivity (Wildman–Crippen MR) is 55.1 cm³/mol. The molecule has 0 N–H and O–H groups in total. The summed E-state index contributed by atoms with van der Waals surface area (Å²) in [5, 5.41) is 0. The Morgan fingerprint density at radius 3 is 2.43 bits per heavy atom. The Labute approximate surface area is 85.6 Å². The fourth-order valence-corrected chi connectivity index (χ4v) is 1.79. The molecule has 0 saturated carbocycles. The van der Waals surface area contributed by atoms with Crippen LogP contribution in [0.25, 0.3) is 0 Å². The van der Waals surface area contributed by atoms with Crippen LogP contribution in [0.5, 0.6) is 0 Å². The lowest BCUT2D eigenvalue weighted by Gasteiger charge is -2.01. The minimum absolute atomic E-state index is 0.0295. The zero-order valence-corrected chi connectivity index (χ0v) is 9.60. The van der Waals surface area contributed by atoms with E-state index in [1.54, 1.807) is 6.92 Å². The summed E-state index contributed by atoms with van der Waals surface area (Å²) in [4.78, 5) is 11.1. The molecule has 5 heteroatoms. The molecule has 0 aliphatic rings. The van der Waals surface area contributed by atoms with Crippen molar-refractivity contribution in [3.05, 3.63) is 0 Å². The van der Waals surface area contributed by atoms with E-state index in [1.165, 1.54) is 0 Å². The molecular formula is C9H18O4S. The number of sulfone groups is 1. The van der Waals surface area contributed by atoms with Crippen molar-refractivity contribution in [2.75, 3.05) is 24.7 Å². The van der Waals surface area contributed by atoms with E-state index in [0.29, 0.717) is 19.4 Å². The van der Waals surface area contributed by atoms with Gasteiger partial charge in [0.15, 0.2) is 5.78 Å². The molecule has 0 rings (SSSR count). The number of ether oxygens (including phenoxy) is 1. The first-order valence-electron chi connectivity index (χ1n) is 4.81. The summed E-state index contributed by atoms with van der Waals surface area (Å²) in [5.74, 6) is 0.215. The third-order valence-corrected chi connectivity index (χ3v) is 3.61. The Bertz CT molecular complexity index is 256. The first kappa shape index (κ1) is 13.6. The lowest BCUT2D eigenvalue weighted by atomic mass is 10.2. The Morgan fingerprint density at radius 1 is 1.29 bits per heavy atom. The summed E-state index contributed by atoms with van der Waals surface area (Å²) in [6.07, 6.45) is 0.696. The third-order valence-electron chi connectivity index (χ3n) is 1.82. The van der Waals surface area contributed by atoms with Gasteiger partial charge in [-0.15, -0.1) is 0 Å². The fraction of sp³-hybridized carbons (Fsp3) is 0.889. The minimum Gasteiger partial charge on any atom is -0.374 e. The molecule has 0 aromatic carbocycles. The largest absolute Gasteiger partial charge is 0.374 e. The van der Waals surface area contributed by atoms with E-state index in [2.05, 4.69) is 0 Å². The van der Waals surface area contributed by atoms with Crippen molar-refractivity contribution in [3.8, 4) is 0 Å². The number of rotatable bonds is 8. The van der Waals surface area contributed by atoms with Crippen LogP contribution in [0.2, 0.25) is 0 Å². The molecule has 0 fully saturated rings. The number of Topliss-reactive ketones (excluding diaryl/α,β-unsaturated/α-hetero) is 1. The maximum absolute atomic E-state index is 11.1. The fourth-order valence-electron chi connectivity index (χ4n) is 0.922. The summed E-state index contributed by atoms with van der Waals surface area (Å²) in [5.41, 5.74) is 0. The average molecular weight is 222 g/mol. The van der Waals surface area contributed by atoms with Crippen LogP contribution in [0.4, 0.5) is 0 Å². The molecule has 0 aliphatic carbocycles. The number of hydrogen-bond acceptors (Lipinski definition) is 4. The smallest absolute Gasteiger partial charge is 0.158 e. The van der Waals surface area contributed by atoms with Crippen LogP contribution in [0.1, 0.15) is 26.7 Å². The Balaban J connectivity index is 3.59. The number of hydrogen-bond donors (Lipinski definition) is 0. The SMILES string of the molecule is CCOCC(=O)CCCS(=O)(=O)CC. The van der Waals surface area contributed by atoms with Gasteiger partial charge in [-0.2, -0.15) is 0 Å². The maximum Gasteiger partial charge on any atom is 0.158 e. The highest BCUT2D eigenvalue weighted by Crippen LogP contribution is 1.98. The normalized spacial score (nSPS) is 11.6. The van der Waals surface area contributed by atoms with Crippen LogP contribution >= 0.6 is 0 Å². The maximum atomic E-state index is 11.1.